The first-order chi connectivity index (χ1) is 11.0. The van der Waals surface area contributed by atoms with Gasteiger partial charge in [0.1, 0.15) is 5.01 Å². The van der Waals surface area contributed by atoms with E-state index in [0.717, 1.165) is 23.2 Å². The van der Waals surface area contributed by atoms with Gasteiger partial charge in [0.25, 0.3) is 0 Å². The average Bonchev–Trinajstić information content (AvgIpc) is 2.84. The Balaban J connectivity index is 2.08. The monoisotopic (exact) mass is 330 g/mol. The Morgan fingerprint density at radius 3 is 2.61 bits per heavy atom. The molecule has 2 rings (SSSR count). The standard InChI is InChI=1S/C18H26N4S/c1-6-19-18(20-11-17-21-13(3)15(5)23-17)22-14(4)16-10-8-7-9-12(16)2/h7-10,14H,6,11H2,1-5H3,(H2,19,20,22). The highest BCUT2D eigenvalue weighted by Crippen LogP contribution is 2.18. The van der Waals surface area contributed by atoms with Crippen molar-refractivity contribution in [2.45, 2.75) is 47.2 Å². The van der Waals surface area contributed by atoms with E-state index in [-0.39, 0.29) is 6.04 Å². The molecule has 23 heavy (non-hydrogen) atoms. The number of nitrogens with one attached hydrogen (secondary N) is 2. The van der Waals surface area contributed by atoms with Crippen LogP contribution in [0.3, 0.4) is 0 Å². The number of hydrogen-bond acceptors (Lipinski definition) is 3. The minimum absolute atomic E-state index is 0.203. The number of aliphatic imine (C=N–C) groups is 1. The predicted octanol–water partition coefficient (Wildman–Crippen LogP) is 3.88. The molecule has 0 aliphatic heterocycles. The topological polar surface area (TPSA) is 49.3 Å². The molecule has 1 unspecified atom stereocenters. The van der Waals surface area contributed by atoms with Gasteiger partial charge in [0.2, 0.25) is 0 Å². The molecular weight excluding hydrogens is 304 g/mol. The molecular formula is C18H26N4S. The quantitative estimate of drug-likeness (QED) is 0.646. The summed E-state index contributed by atoms with van der Waals surface area (Å²) in [6.45, 7) is 12.0. The van der Waals surface area contributed by atoms with Crippen molar-refractivity contribution in [1.29, 1.82) is 0 Å². The van der Waals surface area contributed by atoms with Crippen molar-refractivity contribution in [3.05, 3.63) is 51.0 Å². The van der Waals surface area contributed by atoms with E-state index in [1.165, 1.54) is 16.0 Å². The lowest BCUT2D eigenvalue weighted by atomic mass is 10.0. The summed E-state index contributed by atoms with van der Waals surface area (Å²) in [6.07, 6.45) is 0. The molecule has 0 amide bonds. The van der Waals surface area contributed by atoms with Crippen LogP contribution in [0.1, 0.15) is 46.6 Å². The van der Waals surface area contributed by atoms with Gasteiger partial charge in [-0.1, -0.05) is 24.3 Å². The SMILES string of the molecule is CCNC(=NCc1nc(C)c(C)s1)NC(C)c1ccccc1C. The third-order valence-corrected chi connectivity index (χ3v) is 4.86. The van der Waals surface area contributed by atoms with Crippen LogP contribution in [0.25, 0.3) is 0 Å². The number of hydrogen-bond donors (Lipinski definition) is 2. The van der Waals surface area contributed by atoms with E-state index in [1.807, 2.05) is 6.92 Å². The van der Waals surface area contributed by atoms with Crippen LogP contribution in [-0.4, -0.2) is 17.5 Å². The van der Waals surface area contributed by atoms with Gasteiger partial charge in [-0.15, -0.1) is 11.3 Å². The predicted molar refractivity (Wildman–Crippen MR) is 99.1 cm³/mol. The third-order valence-electron chi connectivity index (χ3n) is 3.80. The molecule has 1 aromatic heterocycles. The molecule has 0 saturated carbocycles. The number of aryl methyl sites for hydroxylation is 3. The zero-order valence-electron chi connectivity index (χ0n) is 14.6. The van der Waals surface area contributed by atoms with Gasteiger partial charge < -0.3 is 10.6 Å². The number of nitrogens with zero attached hydrogens (tertiary/aromatic N) is 2. The zero-order chi connectivity index (χ0) is 16.8. The van der Waals surface area contributed by atoms with Crippen molar-refractivity contribution >= 4 is 17.3 Å². The number of thiazole rings is 1. The second kappa shape index (κ2) is 8.11. The first-order valence-electron chi connectivity index (χ1n) is 8.04. The van der Waals surface area contributed by atoms with Crippen LogP contribution in [0, 0.1) is 20.8 Å². The van der Waals surface area contributed by atoms with Gasteiger partial charge in [-0.25, -0.2) is 9.98 Å². The average molecular weight is 331 g/mol. The van der Waals surface area contributed by atoms with Crippen LogP contribution in [0.2, 0.25) is 0 Å². The van der Waals surface area contributed by atoms with Crippen LogP contribution < -0.4 is 10.6 Å². The summed E-state index contributed by atoms with van der Waals surface area (Å²) in [5, 5.41) is 7.85. The highest BCUT2D eigenvalue weighted by Gasteiger charge is 2.10. The van der Waals surface area contributed by atoms with E-state index in [2.05, 4.69) is 72.6 Å². The fraction of sp³-hybridized carbons (Fsp3) is 0.444. The second-order valence-corrected chi connectivity index (χ2v) is 6.95. The molecule has 1 heterocycles. The van der Waals surface area contributed by atoms with Crippen molar-refractivity contribution in [2.75, 3.05) is 6.54 Å². The van der Waals surface area contributed by atoms with E-state index >= 15 is 0 Å². The molecule has 0 fully saturated rings. The van der Waals surface area contributed by atoms with E-state index in [0.29, 0.717) is 6.54 Å². The maximum Gasteiger partial charge on any atom is 0.192 e. The lowest BCUT2D eigenvalue weighted by Gasteiger charge is -2.19. The molecule has 0 spiro atoms. The highest BCUT2D eigenvalue weighted by molar-refractivity contribution is 7.11. The summed E-state index contributed by atoms with van der Waals surface area (Å²) < 4.78 is 0. The number of benzene rings is 1. The van der Waals surface area contributed by atoms with Crippen molar-refractivity contribution < 1.29 is 0 Å². The van der Waals surface area contributed by atoms with Crippen molar-refractivity contribution in [2.24, 2.45) is 4.99 Å². The van der Waals surface area contributed by atoms with Gasteiger partial charge in [0.05, 0.1) is 18.3 Å². The molecule has 4 nitrogen and oxygen atoms in total. The van der Waals surface area contributed by atoms with Crippen LogP contribution >= 0.6 is 11.3 Å². The Labute approximate surface area is 143 Å². The largest absolute Gasteiger partial charge is 0.357 e. The van der Waals surface area contributed by atoms with E-state index in [1.54, 1.807) is 11.3 Å². The van der Waals surface area contributed by atoms with Crippen LogP contribution in [-0.2, 0) is 6.54 Å². The van der Waals surface area contributed by atoms with Crippen molar-refractivity contribution in [3.63, 3.8) is 0 Å². The van der Waals surface area contributed by atoms with Gasteiger partial charge in [-0.3, -0.25) is 0 Å². The summed E-state index contributed by atoms with van der Waals surface area (Å²) in [5.41, 5.74) is 3.68. The van der Waals surface area contributed by atoms with Gasteiger partial charge in [0, 0.05) is 11.4 Å². The molecule has 0 radical (unpaired) electrons. The first kappa shape index (κ1) is 17.5. The van der Waals surface area contributed by atoms with Crippen molar-refractivity contribution in [3.8, 4) is 0 Å². The maximum absolute atomic E-state index is 4.68. The first-order valence-corrected chi connectivity index (χ1v) is 8.86. The second-order valence-electron chi connectivity index (χ2n) is 5.67. The van der Waals surface area contributed by atoms with E-state index in [9.17, 15) is 0 Å². The van der Waals surface area contributed by atoms with Gasteiger partial charge in [-0.2, -0.15) is 0 Å². The minimum Gasteiger partial charge on any atom is -0.357 e. The fourth-order valence-electron chi connectivity index (χ4n) is 2.43. The summed E-state index contributed by atoms with van der Waals surface area (Å²) in [7, 11) is 0. The normalized spacial score (nSPS) is 13.0. The number of rotatable bonds is 5. The Bertz CT molecular complexity index is 656. The highest BCUT2D eigenvalue weighted by atomic mass is 32.1. The van der Waals surface area contributed by atoms with Crippen molar-refractivity contribution in [1.82, 2.24) is 15.6 Å². The van der Waals surface area contributed by atoms with Gasteiger partial charge in [0.15, 0.2) is 5.96 Å². The molecule has 0 bridgehead atoms. The molecule has 5 heteroatoms. The molecule has 2 aromatic rings. The number of guanidine groups is 1. The Morgan fingerprint density at radius 2 is 2.00 bits per heavy atom. The lowest BCUT2D eigenvalue weighted by molar-refractivity contribution is 0.682. The molecule has 1 atom stereocenters. The minimum atomic E-state index is 0.203. The molecule has 2 N–H and O–H groups in total. The van der Waals surface area contributed by atoms with Crippen LogP contribution in [0.15, 0.2) is 29.3 Å². The summed E-state index contributed by atoms with van der Waals surface area (Å²) >= 11 is 1.72. The number of aromatic nitrogens is 1. The zero-order valence-corrected chi connectivity index (χ0v) is 15.4. The summed E-state index contributed by atoms with van der Waals surface area (Å²) in [5.74, 6) is 0.828. The van der Waals surface area contributed by atoms with Gasteiger partial charge in [-0.05, 0) is 45.7 Å². The molecule has 0 aliphatic rings. The molecule has 0 saturated heterocycles. The molecule has 124 valence electrons. The fourth-order valence-corrected chi connectivity index (χ4v) is 3.29. The summed E-state index contributed by atoms with van der Waals surface area (Å²) in [6, 6.07) is 8.64. The Morgan fingerprint density at radius 1 is 1.26 bits per heavy atom. The molecule has 1 aromatic carbocycles. The Kier molecular flexibility index (Phi) is 6.16. The van der Waals surface area contributed by atoms with Crippen LogP contribution in [0.4, 0.5) is 0 Å². The van der Waals surface area contributed by atoms with E-state index in [4.69, 9.17) is 0 Å². The van der Waals surface area contributed by atoms with Crippen LogP contribution in [0.5, 0.6) is 0 Å². The van der Waals surface area contributed by atoms with E-state index < -0.39 is 0 Å². The summed E-state index contributed by atoms with van der Waals surface area (Å²) in [4.78, 5) is 10.5. The maximum atomic E-state index is 4.68. The lowest BCUT2D eigenvalue weighted by Crippen LogP contribution is -2.38. The third kappa shape index (κ3) is 4.79. The Hall–Kier alpha value is -1.88. The molecule has 0 aliphatic carbocycles. The smallest absolute Gasteiger partial charge is 0.192 e. The van der Waals surface area contributed by atoms with Gasteiger partial charge >= 0.3 is 0 Å².